The molecule has 0 amide bonds. The molecule has 9 heteroatoms. The van der Waals surface area contributed by atoms with E-state index in [-0.39, 0.29) is 23.2 Å². The zero-order valence-electron chi connectivity index (χ0n) is 11.4. The van der Waals surface area contributed by atoms with Gasteiger partial charge in [-0.25, -0.2) is 13.2 Å². The topological polar surface area (TPSA) is 112 Å². The van der Waals surface area contributed by atoms with Crippen LogP contribution in [0.25, 0.3) is 11.0 Å². The number of sulfonamides is 1. The Morgan fingerprint density at radius 2 is 1.95 bits per heavy atom. The average Bonchev–Trinajstić information content (AvgIpc) is 3.02. The highest BCUT2D eigenvalue weighted by Gasteiger charge is 2.20. The fraction of sp³-hybridized carbons (Fsp3) is 0.154. The summed E-state index contributed by atoms with van der Waals surface area (Å²) in [5.41, 5.74) is 0.444. The Hall–Kier alpha value is -2.36. The zero-order chi connectivity index (χ0) is 15.7. The van der Waals surface area contributed by atoms with Gasteiger partial charge in [0, 0.05) is 11.5 Å². The molecular formula is C13H11NO7S. The van der Waals surface area contributed by atoms with Crippen LogP contribution in [-0.2, 0) is 21.5 Å². The first-order valence-electron chi connectivity index (χ1n) is 6.17. The Morgan fingerprint density at radius 1 is 1.18 bits per heavy atom. The van der Waals surface area contributed by atoms with Crippen molar-refractivity contribution >= 4 is 21.0 Å². The quantitative estimate of drug-likeness (QED) is 0.710. The van der Waals surface area contributed by atoms with E-state index in [4.69, 9.17) is 9.25 Å². The molecule has 0 aliphatic heterocycles. The number of para-hydroxylation sites is 1. The second-order valence-electron chi connectivity index (χ2n) is 4.41. The van der Waals surface area contributed by atoms with Gasteiger partial charge in [0.1, 0.15) is 18.0 Å². The lowest BCUT2D eigenvalue weighted by molar-refractivity contribution is 0.0651. The third kappa shape index (κ3) is 2.82. The van der Waals surface area contributed by atoms with E-state index in [0.29, 0.717) is 11.0 Å². The monoisotopic (exact) mass is 325 g/mol. The molecule has 0 aliphatic rings. The molecule has 0 saturated heterocycles. The van der Waals surface area contributed by atoms with Gasteiger partial charge in [-0.15, -0.1) is 0 Å². The van der Waals surface area contributed by atoms with Crippen LogP contribution in [0, 0.1) is 6.92 Å². The first-order chi connectivity index (χ1) is 10.5. The smallest absolute Gasteiger partial charge is 0.443 e. The Morgan fingerprint density at radius 3 is 2.64 bits per heavy atom. The lowest BCUT2D eigenvalue weighted by atomic mass is 10.3. The van der Waals surface area contributed by atoms with Gasteiger partial charge in [-0.2, -0.15) is 0 Å². The summed E-state index contributed by atoms with van der Waals surface area (Å²) in [7, 11) is -3.99. The van der Waals surface area contributed by atoms with Crippen LogP contribution in [0.1, 0.15) is 11.5 Å². The normalized spacial score (nSPS) is 12.0. The summed E-state index contributed by atoms with van der Waals surface area (Å²) in [4.78, 5) is 17.6. The molecule has 0 saturated carbocycles. The molecule has 3 rings (SSSR count). The summed E-state index contributed by atoms with van der Waals surface area (Å²) >= 11 is 0. The second kappa shape index (κ2) is 5.44. The fourth-order valence-electron chi connectivity index (χ4n) is 1.81. The molecule has 0 fully saturated rings. The van der Waals surface area contributed by atoms with Gasteiger partial charge in [0.15, 0.2) is 5.76 Å². The molecule has 0 aliphatic carbocycles. The minimum Gasteiger partial charge on any atom is -0.443 e. The highest BCUT2D eigenvalue weighted by molar-refractivity contribution is 7.89. The first-order valence-corrected chi connectivity index (χ1v) is 7.65. The summed E-state index contributed by atoms with van der Waals surface area (Å²) < 4.78 is 38.6. The number of aryl methyl sites for hydroxylation is 1. The third-order valence-electron chi connectivity index (χ3n) is 2.88. The van der Waals surface area contributed by atoms with Crippen LogP contribution < -0.4 is 10.7 Å². The largest absolute Gasteiger partial charge is 0.519 e. The standard InChI is InChI=1S/C13H11NO7S/c1-8-11(21-13(15)19-8)7-18-14-22(16,17)12-6-9-4-2-3-5-10(9)20-12/h2-6,14H,7H2,1H3. The lowest BCUT2D eigenvalue weighted by Gasteiger charge is -2.03. The second-order valence-corrected chi connectivity index (χ2v) is 5.99. The molecule has 2 heterocycles. The number of fused-ring (bicyclic) bond motifs is 1. The number of rotatable bonds is 5. The highest BCUT2D eigenvalue weighted by atomic mass is 32.2. The molecule has 0 spiro atoms. The average molecular weight is 325 g/mol. The van der Waals surface area contributed by atoms with Crippen molar-refractivity contribution in [2.24, 2.45) is 0 Å². The minimum atomic E-state index is -3.99. The van der Waals surface area contributed by atoms with E-state index < -0.39 is 15.8 Å². The SMILES string of the molecule is Cc1oc(=O)oc1CONS(=O)(=O)c1cc2ccccc2o1. The van der Waals surface area contributed by atoms with Gasteiger partial charge in [0.2, 0.25) is 5.09 Å². The zero-order valence-corrected chi connectivity index (χ0v) is 12.2. The van der Waals surface area contributed by atoms with Crippen molar-refractivity contribution in [1.82, 2.24) is 4.89 Å². The van der Waals surface area contributed by atoms with Gasteiger partial charge in [-0.3, -0.25) is 4.84 Å². The molecule has 0 atom stereocenters. The summed E-state index contributed by atoms with van der Waals surface area (Å²) in [5, 5.41) is 0.374. The number of nitrogens with one attached hydrogen (secondary N) is 1. The van der Waals surface area contributed by atoms with Crippen molar-refractivity contribution in [2.75, 3.05) is 0 Å². The van der Waals surface area contributed by atoms with Crippen LogP contribution in [0.3, 0.4) is 0 Å². The van der Waals surface area contributed by atoms with Crippen LogP contribution in [0.5, 0.6) is 0 Å². The van der Waals surface area contributed by atoms with E-state index in [1.807, 2.05) is 4.89 Å². The summed E-state index contributed by atoms with van der Waals surface area (Å²) in [6.45, 7) is 1.20. The van der Waals surface area contributed by atoms with Gasteiger partial charge in [0.05, 0.1) is 0 Å². The van der Waals surface area contributed by atoms with Gasteiger partial charge < -0.3 is 13.3 Å². The number of hydrogen-bond donors (Lipinski definition) is 1. The van der Waals surface area contributed by atoms with Crippen molar-refractivity contribution in [3.8, 4) is 0 Å². The van der Waals surface area contributed by atoms with E-state index in [2.05, 4.69) is 8.83 Å². The van der Waals surface area contributed by atoms with Crippen molar-refractivity contribution in [3.63, 3.8) is 0 Å². The number of hydrogen-bond acceptors (Lipinski definition) is 7. The molecule has 22 heavy (non-hydrogen) atoms. The molecule has 1 N–H and O–H groups in total. The summed E-state index contributed by atoms with van der Waals surface area (Å²) in [6.07, 6.45) is 0. The third-order valence-corrected chi connectivity index (χ3v) is 3.94. The lowest BCUT2D eigenvalue weighted by Crippen LogP contribution is -2.23. The molecule has 0 bridgehead atoms. The Balaban J connectivity index is 1.73. The number of benzene rings is 1. The Bertz CT molecular complexity index is 931. The fourth-order valence-corrected chi connectivity index (χ4v) is 2.59. The van der Waals surface area contributed by atoms with E-state index in [0.717, 1.165) is 0 Å². The van der Waals surface area contributed by atoms with Crippen molar-refractivity contribution in [1.29, 1.82) is 0 Å². The van der Waals surface area contributed by atoms with Crippen molar-refractivity contribution in [3.05, 3.63) is 52.5 Å². The summed E-state index contributed by atoms with van der Waals surface area (Å²) in [5.74, 6) is -0.568. The van der Waals surface area contributed by atoms with Crippen molar-refractivity contribution in [2.45, 2.75) is 18.6 Å². The predicted octanol–water partition coefficient (Wildman–Crippen LogP) is 1.70. The van der Waals surface area contributed by atoms with Crippen LogP contribution in [0.4, 0.5) is 0 Å². The Labute approximate surface area is 124 Å². The maximum absolute atomic E-state index is 12.0. The number of furan rings is 1. The summed E-state index contributed by atoms with van der Waals surface area (Å²) in [6, 6.07) is 8.25. The predicted molar refractivity (Wildman–Crippen MR) is 73.3 cm³/mol. The van der Waals surface area contributed by atoms with Crippen LogP contribution in [0.2, 0.25) is 0 Å². The molecule has 8 nitrogen and oxygen atoms in total. The minimum absolute atomic E-state index is 0.0947. The van der Waals surface area contributed by atoms with Crippen LogP contribution >= 0.6 is 0 Å². The van der Waals surface area contributed by atoms with Crippen LogP contribution in [-0.4, -0.2) is 8.42 Å². The Kier molecular flexibility index (Phi) is 3.61. The van der Waals surface area contributed by atoms with Gasteiger partial charge in [0.25, 0.3) is 10.0 Å². The molecular weight excluding hydrogens is 314 g/mol. The molecule has 1 aromatic carbocycles. The molecule has 0 radical (unpaired) electrons. The van der Waals surface area contributed by atoms with Gasteiger partial charge in [-0.1, -0.05) is 23.1 Å². The maximum Gasteiger partial charge on any atom is 0.519 e. The highest BCUT2D eigenvalue weighted by Crippen LogP contribution is 2.22. The first kappa shape index (κ1) is 14.6. The van der Waals surface area contributed by atoms with E-state index in [1.54, 1.807) is 24.3 Å². The van der Waals surface area contributed by atoms with Crippen LogP contribution in [0.15, 0.2) is 53.5 Å². The molecule has 116 valence electrons. The molecule has 0 unspecified atom stereocenters. The van der Waals surface area contributed by atoms with E-state index >= 15 is 0 Å². The van der Waals surface area contributed by atoms with E-state index in [1.165, 1.54) is 13.0 Å². The molecule has 3 aromatic rings. The van der Waals surface area contributed by atoms with Gasteiger partial charge in [-0.05, 0) is 13.0 Å². The maximum atomic E-state index is 12.0. The van der Waals surface area contributed by atoms with Gasteiger partial charge >= 0.3 is 5.82 Å². The van der Waals surface area contributed by atoms with Crippen molar-refractivity contribution < 1.29 is 26.5 Å². The van der Waals surface area contributed by atoms with E-state index in [9.17, 15) is 13.2 Å². The molecule has 2 aromatic heterocycles.